The van der Waals surface area contributed by atoms with Gasteiger partial charge in [-0.25, -0.2) is 33.3 Å². The minimum Gasteiger partial charge on any atom is -0.756 e. The molecule has 0 aliphatic carbocycles. The molecule has 4 aliphatic rings. The van der Waals surface area contributed by atoms with E-state index < -0.39 is 83.8 Å². The van der Waals surface area contributed by atoms with Crippen LogP contribution in [0.5, 0.6) is 0 Å². The smallest absolute Gasteiger partial charge is 0.478 e. The van der Waals surface area contributed by atoms with Crippen LogP contribution in [0.1, 0.15) is 79.9 Å². The molecule has 13 N–H and O–H groups in total. The Morgan fingerprint density at radius 1 is 0.745 bits per heavy atom. The molecule has 4 aromatic rings. The zero-order valence-electron chi connectivity index (χ0n) is 55.9. The highest BCUT2D eigenvalue weighted by Gasteiger charge is 2.50. The molecule has 4 fully saturated rings. The number of amides is 6. The number of fused-ring (bicyclic) bond motifs is 2. The molecular formula is C58H91N15O24P2S3. The number of phosphoric acid groups is 2. The maximum Gasteiger partial charge on any atom is 0.478 e. The Labute approximate surface area is 599 Å². The van der Waals surface area contributed by atoms with Gasteiger partial charge in [-0.1, -0.05) is 33.2 Å². The summed E-state index contributed by atoms with van der Waals surface area (Å²) in [7, 11) is -8.15. The number of hydrogen-bond donors (Lipinski definition) is 12. The molecule has 4 aliphatic heterocycles. The quantitative estimate of drug-likeness (QED) is 0.00754. The molecule has 0 aromatic carbocycles. The van der Waals surface area contributed by atoms with Gasteiger partial charge in [0.05, 0.1) is 117 Å². The number of urea groups is 1. The van der Waals surface area contributed by atoms with E-state index in [4.69, 9.17) is 52.7 Å². The van der Waals surface area contributed by atoms with Crippen LogP contribution in [0.4, 0.5) is 10.6 Å². The Bertz CT molecular complexity index is 3360. The number of aromatic nitrogens is 8. The van der Waals surface area contributed by atoms with Gasteiger partial charge in [-0.05, 0) is 31.7 Å². The van der Waals surface area contributed by atoms with Gasteiger partial charge in [-0.3, -0.25) is 32.8 Å². The maximum absolute atomic E-state index is 12.7. The summed E-state index contributed by atoms with van der Waals surface area (Å²) in [4.78, 5) is 95.6. The van der Waals surface area contributed by atoms with E-state index in [1.807, 2.05) is 11.8 Å². The summed E-state index contributed by atoms with van der Waals surface area (Å²) in [6.45, 7) is 4.71. The van der Waals surface area contributed by atoms with Crippen LogP contribution in [0.15, 0.2) is 43.4 Å². The Morgan fingerprint density at radius 3 is 2.07 bits per heavy atom. The van der Waals surface area contributed by atoms with Crippen LogP contribution in [0.3, 0.4) is 0 Å². The molecule has 8 heterocycles. The molecular weight excluding hydrogens is 1450 g/mol. The second-order valence-electron chi connectivity index (χ2n) is 23.4. The summed E-state index contributed by atoms with van der Waals surface area (Å²) in [5, 5.41) is 69.1. The highest BCUT2D eigenvalue weighted by molar-refractivity contribution is 8.76. The largest absolute Gasteiger partial charge is 0.756 e. The molecule has 2 unspecified atom stereocenters. The number of aliphatic hydroxyl groups is 4. The van der Waals surface area contributed by atoms with Crippen molar-refractivity contribution in [1.82, 2.24) is 61.1 Å². The number of anilines is 1. The number of ether oxygens (including phenoxy) is 8. The fraction of sp³-hybridized carbons (Fsp3) is 0.707. The van der Waals surface area contributed by atoms with Crippen molar-refractivity contribution in [1.29, 1.82) is 0 Å². The fourth-order valence-electron chi connectivity index (χ4n) is 10.6. The lowest BCUT2D eigenvalue weighted by Gasteiger charge is -2.26. The number of hydrogen-bond acceptors (Lipinski definition) is 32. The number of pyridine rings is 1. The molecule has 0 spiro atoms. The topological polar surface area (TPSA) is 522 Å². The number of nitrogens with one attached hydrogen (secondary N) is 6. The SMILES string of the molecule is NC(=O)c1ccc[n+]([C@H]2O[C@@H](COP(=O)(O)OP(=O)([O-])OC[C@H]3O[C@@H](n4cnc5c(NCCOCCOCCOCCn6cc(CNC(=O)CCSSCCC(=O)NCCCOCCOCCOCCCNC(=O)CCCC[C@@H]7SC[C@@H]8NC(=O)N[C@@H]87)nn6)ncnc54)[C@H](O)[C@@H]3O)[C@H](O)[C@@H]2O)c1. The molecule has 44 heteroatoms. The summed E-state index contributed by atoms with van der Waals surface area (Å²) in [5.41, 5.74) is 6.36. The van der Waals surface area contributed by atoms with Crippen LogP contribution >= 0.6 is 49.0 Å². The number of carbonyl (C=O) groups excluding carboxylic acids is 5. The first-order chi connectivity index (χ1) is 49.2. The second-order valence-corrected chi connectivity index (χ2v) is 30.4. The van der Waals surface area contributed by atoms with Crippen LogP contribution in [0.2, 0.25) is 0 Å². The van der Waals surface area contributed by atoms with Crippen molar-refractivity contribution in [3.63, 3.8) is 0 Å². The van der Waals surface area contributed by atoms with Crippen molar-refractivity contribution in [2.75, 3.05) is 135 Å². The first-order valence-electron chi connectivity index (χ1n) is 33.2. The van der Waals surface area contributed by atoms with Gasteiger partial charge in [0.15, 0.2) is 41.7 Å². The van der Waals surface area contributed by atoms with Gasteiger partial charge in [0.2, 0.25) is 17.7 Å². The third-order valence-electron chi connectivity index (χ3n) is 15.8. The lowest BCUT2D eigenvalue weighted by molar-refractivity contribution is -0.765. The van der Waals surface area contributed by atoms with Gasteiger partial charge in [0.1, 0.15) is 48.1 Å². The zero-order valence-corrected chi connectivity index (χ0v) is 60.1. The zero-order chi connectivity index (χ0) is 72.7. The van der Waals surface area contributed by atoms with Crippen LogP contribution in [-0.4, -0.2) is 273 Å². The number of imidazole rings is 1. The standard InChI is InChI=1S/C58H91N15O24P2S3/c59-53(81)38-6-3-14-71(31-38)56-51(79)49(77)41(95-56)33-93-98(83,84)97-99(85,86)94-34-42-50(78)52(80)57(96-42)73-37-66-48-54(64-36-65-55(48)73)62-13-18-89-22-26-92-27-23-90-19-15-72-32-39(69-70-72)30-63-46(76)10-29-102-101-28-9-45(75)61-12-5-17-88-21-25-91-24-20-87-16-4-11-60-44(74)8-2-1-7-43-47-40(35-100-43)67-58(82)68-47/h3,6,14,31-32,36-37,40-43,47,49-52,56-57,77-80H,1-2,4-5,7-13,15-30,33-35H2,(H9-,59,60,61,62,63,64,65,67,68,74,75,76,81,82,83,84,85,86)/t40-,41-,42+,43-,47-,49-,50+,51-,52+,56-,57+/m0/s1. The number of nitrogens with zero attached hydrogens (tertiary/aromatic N) is 8. The van der Waals surface area contributed by atoms with Gasteiger partial charge in [-0.15, -0.1) is 5.10 Å². The van der Waals surface area contributed by atoms with Crippen molar-refractivity contribution in [3.05, 3.63) is 54.6 Å². The van der Waals surface area contributed by atoms with Crippen molar-refractivity contribution in [3.8, 4) is 0 Å². The van der Waals surface area contributed by atoms with E-state index >= 15 is 0 Å². The fourth-order valence-corrected chi connectivity index (χ4v) is 16.2. The first-order valence-corrected chi connectivity index (χ1v) is 39.7. The highest BCUT2D eigenvalue weighted by Crippen LogP contribution is 2.58. The van der Waals surface area contributed by atoms with Crippen molar-refractivity contribution < 1.29 is 119 Å². The number of nitrogens with two attached hydrogens (primary N) is 1. The number of aliphatic hydroxyl groups excluding tert-OH is 4. The summed E-state index contributed by atoms with van der Waals surface area (Å²) in [5.74, 6) is 1.54. The molecule has 8 rings (SSSR count). The number of carbonyl (C=O) groups is 5. The van der Waals surface area contributed by atoms with E-state index in [-0.39, 0.29) is 78.9 Å². The van der Waals surface area contributed by atoms with Gasteiger partial charge in [0, 0.05) is 80.7 Å². The molecule has 0 radical (unpaired) electrons. The number of rotatable bonds is 52. The van der Waals surface area contributed by atoms with Crippen LogP contribution in [0, 0.1) is 0 Å². The minimum atomic E-state index is -5.71. The van der Waals surface area contributed by atoms with Crippen LogP contribution in [0.25, 0.3) is 11.2 Å². The summed E-state index contributed by atoms with van der Waals surface area (Å²) in [6, 6.07) is 3.16. The van der Waals surface area contributed by atoms with Crippen molar-refractivity contribution >= 4 is 95.6 Å². The Balaban J connectivity index is 0.555. The van der Waals surface area contributed by atoms with Gasteiger partial charge < -0.3 is 110 Å². The number of phosphoric ester groups is 2. The van der Waals surface area contributed by atoms with Gasteiger partial charge >= 0.3 is 13.9 Å². The normalized spacial score (nSPS) is 23.5. The molecule has 4 aromatic heterocycles. The molecule has 6 amide bonds. The third-order valence-corrected chi connectivity index (χ3v) is 22.3. The van der Waals surface area contributed by atoms with E-state index in [1.165, 1.54) is 67.9 Å². The molecule has 0 bridgehead atoms. The van der Waals surface area contributed by atoms with Crippen LogP contribution in [-0.2, 0) is 87.9 Å². The average Bonchev–Trinajstić information content (AvgIpc) is 1.63. The highest BCUT2D eigenvalue weighted by atomic mass is 33.1. The summed E-state index contributed by atoms with van der Waals surface area (Å²) >= 11 is 1.89. The molecule has 0 saturated carbocycles. The van der Waals surface area contributed by atoms with Crippen molar-refractivity contribution in [2.45, 2.75) is 131 Å². The maximum atomic E-state index is 12.7. The van der Waals surface area contributed by atoms with E-state index in [1.54, 1.807) is 10.9 Å². The molecule has 570 valence electrons. The Morgan fingerprint density at radius 2 is 1.37 bits per heavy atom. The van der Waals surface area contributed by atoms with E-state index in [2.05, 4.69) is 61.5 Å². The second kappa shape index (κ2) is 43.3. The van der Waals surface area contributed by atoms with Crippen LogP contribution < -0.4 is 47.1 Å². The number of unbranched alkanes of at least 4 members (excludes halogenated alkanes) is 1. The van der Waals surface area contributed by atoms with E-state index in [9.17, 15) is 63.3 Å². The number of primary amides is 1. The Kier molecular flexibility index (Phi) is 34.9. The predicted octanol–water partition coefficient (Wildman–Crippen LogP) is -1.91. The lowest BCUT2D eigenvalue weighted by Crippen LogP contribution is -2.46. The van der Waals surface area contributed by atoms with Gasteiger partial charge in [0.25, 0.3) is 20.0 Å². The number of thioether (sulfide) groups is 1. The first kappa shape index (κ1) is 82.3. The molecule has 4 saturated heterocycles. The molecule has 102 heavy (non-hydrogen) atoms. The van der Waals surface area contributed by atoms with Gasteiger partial charge in [-0.2, -0.15) is 16.3 Å². The van der Waals surface area contributed by atoms with E-state index in [0.29, 0.717) is 140 Å². The van der Waals surface area contributed by atoms with Crippen molar-refractivity contribution in [2.24, 2.45) is 5.73 Å². The summed E-state index contributed by atoms with van der Waals surface area (Å²) < 4.78 is 88.1. The average molecular weight is 1540 g/mol. The molecule has 13 atom stereocenters. The summed E-state index contributed by atoms with van der Waals surface area (Å²) in [6.07, 6.45) is -0.250. The third kappa shape index (κ3) is 27.5. The lowest BCUT2D eigenvalue weighted by atomic mass is 10.0. The van der Waals surface area contributed by atoms with E-state index in [0.717, 1.165) is 31.4 Å². The Hall–Kier alpha value is -5.38. The minimum absolute atomic E-state index is 0.0410. The monoisotopic (exact) mass is 1540 g/mol. The molecule has 39 nitrogen and oxygen atoms in total. The predicted molar refractivity (Wildman–Crippen MR) is 361 cm³/mol.